The number of hydrogen-bond donors (Lipinski definition) is 1. The lowest BCUT2D eigenvalue weighted by Gasteiger charge is -2.40. The number of carbonyl (C=O) groups excluding carboxylic acids is 1. The highest BCUT2D eigenvalue weighted by molar-refractivity contribution is 6.31. The van der Waals surface area contributed by atoms with Gasteiger partial charge in [-0.1, -0.05) is 25.4 Å². The number of halogens is 2. The number of hydrogen-bond acceptors (Lipinski definition) is 5. The Labute approximate surface area is 192 Å². The van der Waals surface area contributed by atoms with Gasteiger partial charge in [-0.3, -0.25) is 9.89 Å². The largest absolute Gasteiger partial charge is 0.469 e. The van der Waals surface area contributed by atoms with Crippen LogP contribution in [0, 0.1) is 17.7 Å². The van der Waals surface area contributed by atoms with Gasteiger partial charge in [0.1, 0.15) is 5.82 Å². The minimum Gasteiger partial charge on any atom is -0.469 e. The molecule has 2 aromatic heterocycles. The number of ether oxygens (including phenoxy) is 1. The Morgan fingerprint density at radius 1 is 1.25 bits per heavy atom. The van der Waals surface area contributed by atoms with Crippen LogP contribution in [0.5, 0.6) is 0 Å². The van der Waals surface area contributed by atoms with Gasteiger partial charge in [0, 0.05) is 23.5 Å². The van der Waals surface area contributed by atoms with Crippen LogP contribution in [0.15, 0.2) is 30.5 Å². The molecule has 1 N–H and O–H groups in total. The first-order valence-electron chi connectivity index (χ1n) is 10.8. The summed E-state index contributed by atoms with van der Waals surface area (Å²) in [6.45, 7) is 4.41. The van der Waals surface area contributed by atoms with Gasteiger partial charge in [0.25, 0.3) is 0 Å². The molecule has 3 aromatic rings. The second-order valence-electron chi connectivity index (χ2n) is 9.11. The molecule has 6 nitrogen and oxygen atoms in total. The number of H-pyrrole nitrogens is 1. The molecule has 1 aromatic carbocycles. The molecule has 4 rings (SSSR count). The van der Waals surface area contributed by atoms with E-state index >= 15 is 0 Å². The number of benzene rings is 1. The molecule has 0 saturated heterocycles. The molecule has 2 heterocycles. The SMILES string of the molecule is COC(=O)C1CCC(C(C)(C)c2nc3[nH]ncc3cc2N(C)c2ccc(F)c(Cl)c2)CC1. The maximum absolute atomic E-state index is 13.7. The van der Waals surface area contributed by atoms with Gasteiger partial charge in [0.15, 0.2) is 5.65 Å². The van der Waals surface area contributed by atoms with E-state index in [0.717, 1.165) is 53.8 Å². The topological polar surface area (TPSA) is 71.1 Å². The zero-order chi connectivity index (χ0) is 23.0. The predicted molar refractivity (Wildman–Crippen MR) is 124 cm³/mol. The van der Waals surface area contributed by atoms with Crippen LogP contribution in [0.4, 0.5) is 15.8 Å². The standard InChI is InChI=1S/C24H28ClFN4O2/c1-24(2,16-7-5-14(6-8-16)23(31)32-4)21-20(11-15-13-27-29-22(15)28-21)30(3)17-9-10-19(26)18(25)12-17/h9-14,16H,5-8H2,1-4H3,(H,27,28,29). The van der Waals surface area contributed by atoms with Crippen molar-refractivity contribution in [2.24, 2.45) is 11.8 Å². The minimum absolute atomic E-state index is 0.0291. The first kappa shape index (κ1) is 22.5. The molecule has 0 atom stereocenters. The van der Waals surface area contributed by atoms with Gasteiger partial charge in [0.2, 0.25) is 0 Å². The van der Waals surface area contributed by atoms with Crippen molar-refractivity contribution in [1.29, 1.82) is 0 Å². The smallest absolute Gasteiger partial charge is 0.308 e. The first-order chi connectivity index (χ1) is 15.2. The molecule has 0 bridgehead atoms. The molecule has 32 heavy (non-hydrogen) atoms. The van der Waals surface area contributed by atoms with Crippen LogP contribution in [0.3, 0.4) is 0 Å². The summed E-state index contributed by atoms with van der Waals surface area (Å²) in [5.74, 6) is -0.249. The highest BCUT2D eigenvalue weighted by atomic mass is 35.5. The van der Waals surface area contributed by atoms with Crippen LogP contribution < -0.4 is 4.90 Å². The van der Waals surface area contributed by atoms with Gasteiger partial charge in [0.05, 0.1) is 35.6 Å². The van der Waals surface area contributed by atoms with Gasteiger partial charge in [-0.15, -0.1) is 0 Å². The average Bonchev–Trinajstić information content (AvgIpc) is 3.27. The molecule has 0 unspecified atom stereocenters. The Hall–Kier alpha value is -2.67. The molecule has 1 aliphatic rings. The predicted octanol–water partition coefficient (Wildman–Crippen LogP) is 5.78. The lowest BCUT2D eigenvalue weighted by atomic mass is 9.66. The number of fused-ring (bicyclic) bond motifs is 1. The monoisotopic (exact) mass is 458 g/mol. The van der Waals surface area contributed by atoms with E-state index in [4.69, 9.17) is 21.3 Å². The number of aromatic amines is 1. The zero-order valence-electron chi connectivity index (χ0n) is 18.8. The summed E-state index contributed by atoms with van der Waals surface area (Å²) in [6.07, 6.45) is 5.20. The number of pyridine rings is 1. The average molecular weight is 459 g/mol. The molecular formula is C24H28ClFN4O2. The summed E-state index contributed by atoms with van der Waals surface area (Å²) in [4.78, 5) is 18.9. The van der Waals surface area contributed by atoms with Gasteiger partial charge < -0.3 is 9.64 Å². The summed E-state index contributed by atoms with van der Waals surface area (Å²) in [5.41, 5.74) is 3.08. The van der Waals surface area contributed by atoms with Crippen molar-refractivity contribution in [3.8, 4) is 0 Å². The number of nitrogens with one attached hydrogen (secondary N) is 1. The number of anilines is 2. The summed E-state index contributed by atoms with van der Waals surface area (Å²) in [6, 6.07) is 6.76. The van der Waals surface area contributed by atoms with Crippen LogP contribution in [-0.2, 0) is 14.9 Å². The Morgan fingerprint density at radius 2 is 1.97 bits per heavy atom. The van der Waals surface area contributed by atoms with Crippen molar-refractivity contribution < 1.29 is 13.9 Å². The van der Waals surface area contributed by atoms with Gasteiger partial charge >= 0.3 is 5.97 Å². The van der Waals surface area contributed by atoms with Gasteiger partial charge in [-0.25, -0.2) is 9.37 Å². The van der Waals surface area contributed by atoms with E-state index in [1.807, 2.05) is 11.9 Å². The lowest BCUT2D eigenvalue weighted by Crippen LogP contribution is -2.36. The summed E-state index contributed by atoms with van der Waals surface area (Å²) >= 11 is 6.06. The van der Waals surface area contributed by atoms with Crippen LogP contribution in [0.25, 0.3) is 11.0 Å². The minimum atomic E-state index is -0.449. The molecule has 0 aliphatic heterocycles. The van der Waals surface area contributed by atoms with Crippen LogP contribution in [0.1, 0.15) is 45.2 Å². The van der Waals surface area contributed by atoms with Crippen LogP contribution in [-0.4, -0.2) is 35.3 Å². The third kappa shape index (κ3) is 4.06. The molecule has 1 aliphatic carbocycles. The summed E-state index contributed by atoms with van der Waals surface area (Å²) in [5, 5.41) is 8.10. The van der Waals surface area contributed by atoms with E-state index in [1.54, 1.807) is 18.3 Å². The third-order valence-corrected chi connectivity index (χ3v) is 7.24. The van der Waals surface area contributed by atoms with E-state index in [-0.39, 0.29) is 22.3 Å². The molecule has 1 fully saturated rings. The molecule has 0 spiro atoms. The van der Waals surface area contributed by atoms with E-state index < -0.39 is 5.82 Å². The number of aromatic nitrogens is 3. The third-order valence-electron chi connectivity index (χ3n) is 6.95. The second-order valence-corrected chi connectivity index (χ2v) is 9.52. The molecule has 170 valence electrons. The molecular weight excluding hydrogens is 431 g/mol. The van der Waals surface area contributed by atoms with E-state index in [0.29, 0.717) is 5.92 Å². The van der Waals surface area contributed by atoms with Crippen molar-refractivity contribution in [2.75, 3.05) is 19.1 Å². The fraction of sp³-hybridized carbons (Fsp3) is 0.458. The summed E-state index contributed by atoms with van der Waals surface area (Å²) in [7, 11) is 3.38. The molecule has 1 saturated carbocycles. The second kappa shape index (κ2) is 8.70. The normalized spacial score (nSPS) is 19.2. The number of rotatable bonds is 5. The quantitative estimate of drug-likeness (QED) is 0.491. The van der Waals surface area contributed by atoms with Crippen LogP contribution in [0.2, 0.25) is 5.02 Å². The zero-order valence-corrected chi connectivity index (χ0v) is 19.5. The first-order valence-corrected chi connectivity index (χ1v) is 11.2. The Kier molecular flexibility index (Phi) is 6.12. The van der Waals surface area contributed by atoms with Gasteiger partial charge in [-0.05, 0) is 55.9 Å². The van der Waals surface area contributed by atoms with E-state index in [1.165, 1.54) is 13.2 Å². The van der Waals surface area contributed by atoms with Crippen LogP contribution >= 0.6 is 11.6 Å². The highest BCUT2D eigenvalue weighted by Crippen LogP contribution is 2.46. The number of methoxy groups -OCH3 is 1. The van der Waals surface area contributed by atoms with Crippen molar-refractivity contribution >= 4 is 40.0 Å². The molecule has 0 radical (unpaired) electrons. The number of nitrogens with zero attached hydrogens (tertiary/aromatic N) is 3. The maximum atomic E-state index is 13.7. The Morgan fingerprint density at radius 3 is 2.62 bits per heavy atom. The fourth-order valence-electron chi connectivity index (χ4n) is 4.84. The maximum Gasteiger partial charge on any atom is 0.308 e. The van der Waals surface area contributed by atoms with E-state index in [9.17, 15) is 9.18 Å². The van der Waals surface area contributed by atoms with Crippen molar-refractivity contribution in [3.05, 3.63) is 47.0 Å². The lowest BCUT2D eigenvalue weighted by molar-refractivity contribution is -0.147. The van der Waals surface area contributed by atoms with Crippen molar-refractivity contribution in [2.45, 2.75) is 44.9 Å². The number of esters is 1. The Bertz CT molecular complexity index is 1140. The van der Waals surface area contributed by atoms with E-state index in [2.05, 4.69) is 30.1 Å². The molecule has 0 amide bonds. The van der Waals surface area contributed by atoms with Gasteiger partial charge in [-0.2, -0.15) is 5.10 Å². The highest BCUT2D eigenvalue weighted by Gasteiger charge is 2.39. The Balaban J connectivity index is 1.72. The summed E-state index contributed by atoms with van der Waals surface area (Å²) < 4.78 is 18.7. The molecule has 8 heteroatoms. The fourth-order valence-corrected chi connectivity index (χ4v) is 5.02. The van der Waals surface area contributed by atoms with Crippen molar-refractivity contribution in [1.82, 2.24) is 15.2 Å². The number of carbonyl (C=O) groups is 1. The van der Waals surface area contributed by atoms with Crippen molar-refractivity contribution in [3.63, 3.8) is 0 Å².